The summed E-state index contributed by atoms with van der Waals surface area (Å²) in [5.74, 6) is 0.602. The van der Waals surface area contributed by atoms with Gasteiger partial charge in [-0.2, -0.15) is 0 Å². The second-order valence-corrected chi connectivity index (χ2v) is 9.97. The molecule has 2 rings (SSSR count). The molecule has 5 nitrogen and oxygen atoms in total. The van der Waals surface area contributed by atoms with Crippen LogP contribution in [0.3, 0.4) is 0 Å². The molecule has 0 aromatic heterocycles. The molecular formula is C24H40FNO4S. The van der Waals surface area contributed by atoms with Gasteiger partial charge in [0.25, 0.3) is 0 Å². The van der Waals surface area contributed by atoms with Gasteiger partial charge in [0.15, 0.2) is 5.78 Å². The van der Waals surface area contributed by atoms with Crippen LogP contribution in [0.5, 0.6) is 0 Å². The SMILES string of the molecule is C=C(OC)C1=CSC(C(=O)COC2(C)CCCC(OC(C)CCC(F)CC)CC2)N1C. The van der Waals surface area contributed by atoms with Crippen LogP contribution in [0.2, 0.25) is 0 Å². The third kappa shape index (κ3) is 7.79. The van der Waals surface area contributed by atoms with Gasteiger partial charge < -0.3 is 19.1 Å². The van der Waals surface area contributed by atoms with E-state index >= 15 is 0 Å². The van der Waals surface area contributed by atoms with E-state index in [2.05, 4.69) is 13.5 Å². The van der Waals surface area contributed by atoms with Crippen LogP contribution in [-0.2, 0) is 19.0 Å². The Kier molecular flexibility index (Phi) is 10.4. The van der Waals surface area contributed by atoms with Crippen molar-refractivity contribution in [2.45, 2.75) is 101 Å². The molecule has 0 spiro atoms. The highest BCUT2D eigenvalue weighted by Crippen LogP contribution is 2.35. The average Bonchev–Trinajstić information content (AvgIpc) is 3.04. The number of nitrogens with zero attached hydrogens (tertiary/aromatic N) is 1. The molecule has 0 amide bonds. The monoisotopic (exact) mass is 457 g/mol. The van der Waals surface area contributed by atoms with Gasteiger partial charge in [0.05, 0.1) is 36.8 Å². The van der Waals surface area contributed by atoms with E-state index in [4.69, 9.17) is 14.2 Å². The van der Waals surface area contributed by atoms with Crippen molar-refractivity contribution in [3.8, 4) is 0 Å². The lowest BCUT2D eigenvalue weighted by Gasteiger charge is -2.30. The summed E-state index contributed by atoms with van der Waals surface area (Å²) in [4.78, 5) is 14.7. The minimum Gasteiger partial charge on any atom is -0.495 e. The number of rotatable bonds is 12. The summed E-state index contributed by atoms with van der Waals surface area (Å²) in [6.07, 6.45) is 6.06. The Hall–Kier alpha value is -1.05. The Balaban J connectivity index is 1.78. The molecule has 31 heavy (non-hydrogen) atoms. The van der Waals surface area contributed by atoms with Gasteiger partial charge >= 0.3 is 0 Å². The summed E-state index contributed by atoms with van der Waals surface area (Å²) in [7, 11) is 3.45. The summed E-state index contributed by atoms with van der Waals surface area (Å²) in [5, 5.41) is 1.60. The maximum atomic E-state index is 13.5. The number of hydrogen-bond donors (Lipinski definition) is 0. The number of thioether (sulfide) groups is 1. The lowest BCUT2D eigenvalue weighted by atomic mass is 9.96. The zero-order valence-corrected chi connectivity index (χ0v) is 20.6. The molecule has 2 aliphatic rings. The highest BCUT2D eigenvalue weighted by molar-refractivity contribution is 8.03. The topological polar surface area (TPSA) is 48.0 Å². The Morgan fingerprint density at radius 2 is 2.13 bits per heavy atom. The zero-order valence-electron chi connectivity index (χ0n) is 19.8. The fraction of sp³-hybridized carbons (Fsp3) is 0.792. The van der Waals surface area contributed by atoms with Crippen LogP contribution in [0.4, 0.5) is 4.39 Å². The van der Waals surface area contributed by atoms with E-state index in [0.29, 0.717) is 18.6 Å². The first-order chi connectivity index (χ1) is 14.7. The van der Waals surface area contributed by atoms with Gasteiger partial charge in [-0.05, 0) is 65.2 Å². The first kappa shape index (κ1) is 26.2. The molecule has 0 aromatic rings. The fourth-order valence-electron chi connectivity index (χ4n) is 4.14. The van der Waals surface area contributed by atoms with Crippen LogP contribution < -0.4 is 0 Å². The molecule has 1 aliphatic carbocycles. The van der Waals surface area contributed by atoms with Gasteiger partial charge in [0.2, 0.25) is 0 Å². The van der Waals surface area contributed by atoms with Crippen molar-refractivity contribution in [1.82, 2.24) is 4.90 Å². The largest absolute Gasteiger partial charge is 0.495 e. The summed E-state index contributed by atoms with van der Waals surface area (Å²) in [5.41, 5.74) is 0.510. The first-order valence-corrected chi connectivity index (χ1v) is 12.4. The van der Waals surface area contributed by atoms with Crippen LogP contribution in [0.1, 0.15) is 72.1 Å². The molecule has 5 unspecified atom stereocenters. The summed E-state index contributed by atoms with van der Waals surface area (Å²) >= 11 is 1.46. The van der Waals surface area contributed by atoms with E-state index in [0.717, 1.165) is 44.2 Å². The van der Waals surface area contributed by atoms with E-state index in [9.17, 15) is 9.18 Å². The van der Waals surface area contributed by atoms with Crippen LogP contribution in [0.25, 0.3) is 0 Å². The number of alkyl halides is 1. The molecule has 0 aromatic carbocycles. The van der Waals surface area contributed by atoms with Crippen LogP contribution in [0, 0.1) is 0 Å². The Labute approximate surface area is 191 Å². The normalized spacial score (nSPS) is 28.6. The highest BCUT2D eigenvalue weighted by atomic mass is 32.2. The van der Waals surface area contributed by atoms with Crippen LogP contribution >= 0.6 is 11.8 Å². The lowest BCUT2D eigenvalue weighted by molar-refractivity contribution is -0.132. The van der Waals surface area contributed by atoms with Crippen molar-refractivity contribution >= 4 is 17.5 Å². The molecule has 1 saturated carbocycles. The van der Waals surface area contributed by atoms with E-state index < -0.39 is 6.17 Å². The number of Topliss-reactive ketones (excluding diaryl/α,β-unsaturated/α-hetero) is 1. The molecule has 0 bridgehead atoms. The number of hydrogen-bond acceptors (Lipinski definition) is 6. The molecule has 178 valence electrons. The van der Waals surface area contributed by atoms with Crippen molar-refractivity contribution in [3.05, 3.63) is 23.4 Å². The van der Waals surface area contributed by atoms with Crippen LogP contribution in [0.15, 0.2) is 23.4 Å². The number of ether oxygens (including phenoxy) is 3. The van der Waals surface area contributed by atoms with Crippen molar-refractivity contribution in [3.63, 3.8) is 0 Å². The number of carbonyl (C=O) groups excluding carboxylic acids is 1. The molecule has 7 heteroatoms. The predicted molar refractivity (Wildman–Crippen MR) is 125 cm³/mol. The maximum absolute atomic E-state index is 13.5. The minimum absolute atomic E-state index is 0.0475. The first-order valence-electron chi connectivity index (χ1n) is 11.5. The number of carbonyl (C=O) groups is 1. The van der Waals surface area contributed by atoms with Gasteiger partial charge in [0, 0.05) is 12.5 Å². The van der Waals surface area contributed by atoms with E-state index in [-0.39, 0.29) is 35.6 Å². The van der Waals surface area contributed by atoms with Gasteiger partial charge in [-0.25, -0.2) is 4.39 Å². The van der Waals surface area contributed by atoms with E-state index in [1.807, 2.05) is 31.2 Å². The van der Waals surface area contributed by atoms with Gasteiger partial charge in [-0.3, -0.25) is 4.79 Å². The Morgan fingerprint density at radius 1 is 1.39 bits per heavy atom. The number of likely N-dealkylation sites (N-methyl/N-ethyl adjacent to an activating group) is 1. The van der Waals surface area contributed by atoms with Crippen molar-refractivity contribution in [2.24, 2.45) is 0 Å². The minimum atomic E-state index is -0.731. The third-order valence-corrected chi connectivity index (χ3v) is 7.59. The number of halogens is 1. The summed E-state index contributed by atoms with van der Waals surface area (Å²) in [6.45, 7) is 9.98. The second-order valence-electron chi connectivity index (χ2n) is 9.02. The summed E-state index contributed by atoms with van der Waals surface area (Å²) in [6, 6.07) is 0. The quantitative estimate of drug-likeness (QED) is 0.281. The molecular weight excluding hydrogens is 417 g/mol. The fourth-order valence-corrected chi connectivity index (χ4v) is 5.21. The molecule has 0 N–H and O–H groups in total. The van der Waals surface area contributed by atoms with Crippen molar-refractivity contribution < 1.29 is 23.4 Å². The maximum Gasteiger partial charge on any atom is 0.191 e. The molecule has 1 fully saturated rings. The second kappa shape index (κ2) is 12.3. The predicted octanol–water partition coefficient (Wildman–Crippen LogP) is 5.60. The molecule has 1 heterocycles. The average molecular weight is 458 g/mol. The molecule has 1 aliphatic heterocycles. The van der Waals surface area contributed by atoms with E-state index in [1.54, 1.807) is 7.11 Å². The van der Waals surface area contributed by atoms with Gasteiger partial charge in [-0.15, -0.1) is 0 Å². The Bertz CT molecular complexity index is 643. The highest BCUT2D eigenvalue weighted by Gasteiger charge is 2.35. The Morgan fingerprint density at radius 3 is 2.81 bits per heavy atom. The lowest BCUT2D eigenvalue weighted by Crippen LogP contribution is -2.38. The van der Waals surface area contributed by atoms with E-state index in [1.165, 1.54) is 11.8 Å². The van der Waals surface area contributed by atoms with Crippen molar-refractivity contribution in [1.29, 1.82) is 0 Å². The third-order valence-electron chi connectivity index (χ3n) is 6.39. The molecule has 0 radical (unpaired) electrons. The smallest absolute Gasteiger partial charge is 0.191 e. The molecule has 0 saturated heterocycles. The molecule has 5 atom stereocenters. The number of ketones is 1. The van der Waals surface area contributed by atoms with Gasteiger partial charge in [-0.1, -0.05) is 25.3 Å². The van der Waals surface area contributed by atoms with Gasteiger partial charge in [0.1, 0.15) is 17.7 Å². The van der Waals surface area contributed by atoms with Crippen molar-refractivity contribution in [2.75, 3.05) is 20.8 Å². The zero-order chi connectivity index (χ0) is 23.0. The number of methoxy groups -OCH3 is 1. The van der Waals surface area contributed by atoms with Crippen LogP contribution in [-0.4, -0.2) is 60.8 Å². The standard InChI is InChI=1S/C24H40FNO4S/c1-7-19(25)11-10-17(2)30-20-9-8-13-24(4,14-12-20)29-15-22(27)23-26(5)21(16-31-23)18(3)28-6/h16-17,19-20,23H,3,7-15H2,1-2,4-6H3. The summed E-state index contributed by atoms with van der Waals surface area (Å²) < 4.78 is 31.1.